The summed E-state index contributed by atoms with van der Waals surface area (Å²) in [5.41, 5.74) is 8.48. The third-order valence-corrected chi connectivity index (χ3v) is 6.10. The predicted molar refractivity (Wildman–Crippen MR) is 122 cm³/mol. The summed E-state index contributed by atoms with van der Waals surface area (Å²) in [6.07, 6.45) is 3.21. The summed E-state index contributed by atoms with van der Waals surface area (Å²) in [7, 11) is 0. The van der Waals surface area contributed by atoms with E-state index in [0.29, 0.717) is 60.2 Å². The number of hydrogen-bond donors (Lipinski definition) is 4. The summed E-state index contributed by atoms with van der Waals surface area (Å²) < 4.78 is 26.2. The number of amides is 1. The van der Waals surface area contributed by atoms with E-state index < -0.39 is 18.0 Å². The first-order valence-corrected chi connectivity index (χ1v) is 10.8. The topological polar surface area (TPSA) is 132 Å². The number of pyridine rings is 2. The molecule has 1 saturated carbocycles. The van der Waals surface area contributed by atoms with Gasteiger partial charge in [-0.1, -0.05) is 0 Å². The van der Waals surface area contributed by atoms with Crippen LogP contribution in [0.5, 0.6) is 5.88 Å². The Morgan fingerprint density at radius 2 is 2.15 bits per heavy atom. The van der Waals surface area contributed by atoms with E-state index >= 15 is 4.39 Å². The molecule has 172 valence electrons. The Hall–Kier alpha value is -3.66. The normalized spacial score (nSPS) is 19.5. The highest BCUT2D eigenvalue weighted by Crippen LogP contribution is 2.39. The van der Waals surface area contributed by atoms with Crippen molar-refractivity contribution in [2.75, 3.05) is 29.5 Å². The zero-order valence-electron chi connectivity index (χ0n) is 18.0. The summed E-state index contributed by atoms with van der Waals surface area (Å²) in [6, 6.07) is 3.27. The second-order valence-corrected chi connectivity index (χ2v) is 8.31. The third kappa shape index (κ3) is 3.97. The van der Waals surface area contributed by atoms with Crippen LogP contribution in [0.1, 0.15) is 24.8 Å². The fourth-order valence-corrected chi connectivity index (χ4v) is 4.36. The van der Waals surface area contributed by atoms with Crippen LogP contribution in [0.4, 0.5) is 26.4 Å². The van der Waals surface area contributed by atoms with Crippen molar-refractivity contribution in [3.63, 3.8) is 0 Å². The molecule has 10 heteroatoms. The van der Waals surface area contributed by atoms with E-state index in [2.05, 4.69) is 20.6 Å². The van der Waals surface area contributed by atoms with Crippen molar-refractivity contribution in [3.05, 3.63) is 35.9 Å². The number of anilines is 3. The standard InChI is InChI=1S/C23H24FN5O4/c1-11-16(9-28-22-21(11)26-4-5-32-22)15-6-12-7-18(27-10-17(12)20(25)19(15)24)29-23(31)33-14-3-2-13(30)8-14/h6-7,9-10,13-14,26,30H,2-5,8,25H2,1H3,(H,27,29,31)/t13-,14+/m0/s1. The number of ether oxygens (including phenoxy) is 2. The number of carbonyl (C=O) groups excluding carboxylic acids is 1. The minimum absolute atomic E-state index is 0.0367. The van der Waals surface area contributed by atoms with Gasteiger partial charge in [0.2, 0.25) is 5.88 Å². The van der Waals surface area contributed by atoms with Gasteiger partial charge in [-0.3, -0.25) is 5.32 Å². The molecule has 2 aliphatic rings. The fourth-order valence-electron chi connectivity index (χ4n) is 4.36. The van der Waals surface area contributed by atoms with Crippen molar-refractivity contribution < 1.29 is 23.8 Å². The molecule has 1 amide bonds. The Morgan fingerprint density at radius 1 is 1.30 bits per heavy atom. The van der Waals surface area contributed by atoms with Gasteiger partial charge in [0.05, 0.1) is 11.8 Å². The zero-order chi connectivity index (χ0) is 23.1. The Kier molecular flexibility index (Phi) is 5.37. The lowest BCUT2D eigenvalue weighted by atomic mass is 9.97. The first-order chi connectivity index (χ1) is 15.9. The van der Waals surface area contributed by atoms with Crippen LogP contribution in [0.3, 0.4) is 0 Å². The highest BCUT2D eigenvalue weighted by atomic mass is 19.1. The molecule has 5 N–H and O–H groups in total. The van der Waals surface area contributed by atoms with Gasteiger partial charge < -0.3 is 25.6 Å². The number of nitrogens with one attached hydrogen (secondary N) is 2. The van der Waals surface area contributed by atoms with E-state index in [1.165, 1.54) is 6.20 Å². The molecule has 5 rings (SSSR count). The van der Waals surface area contributed by atoms with E-state index in [0.717, 1.165) is 11.3 Å². The number of fused-ring (bicyclic) bond motifs is 2. The largest absolute Gasteiger partial charge is 0.474 e. The Balaban J connectivity index is 1.47. The molecular formula is C23H24FN5O4. The summed E-state index contributed by atoms with van der Waals surface area (Å²) in [6.45, 7) is 3.02. The molecule has 1 fully saturated rings. The number of rotatable bonds is 3. The molecule has 9 nitrogen and oxygen atoms in total. The smallest absolute Gasteiger partial charge is 0.413 e. The first-order valence-electron chi connectivity index (χ1n) is 10.8. The second kappa shape index (κ2) is 8.36. The van der Waals surface area contributed by atoms with Gasteiger partial charge in [0.25, 0.3) is 0 Å². The van der Waals surface area contributed by atoms with Gasteiger partial charge in [0.15, 0.2) is 5.82 Å². The molecule has 0 spiro atoms. The molecule has 0 bridgehead atoms. The molecule has 2 atom stereocenters. The van der Waals surface area contributed by atoms with Crippen LogP contribution < -0.4 is 21.1 Å². The number of nitrogens with two attached hydrogens (primary N) is 1. The van der Waals surface area contributed by atoms with E-state index in [1.807, 2.05) is 6.92 Å². The number of aromatic nitrogens is 2. The van der Waals surface area contributed by atoms with E-state index in [9.17, 15) is 9.90 Å². The molecule has 0 unspecified atom stereocenters. The van der Waals surface area contributed by atoms with Crippen LogP contribution in [0.25, 0.3) is 21.9 Å². The molecule has 2 aromatic heterocycles. The summed E-state index contributed by atoms with van der Waals surface area (Å²) in [5, 5.41) is 16.5. The number of aliphatic hydroxyl groups is 1. The maximum Gasteiger partial charge on any atom is 0.413 e. The van der Waals surface area contributed by atoms with Gasteiger partial charge in [-0.25, -0.2) is 19.2 Å². The number of aliphatic hydroxyl groups excluding tert-OH is 1. The lowest BCUT2D eigenvalue weighted by Gasteiger charge is -2.22. The molecule has 3 heterocycles. The summed E-state index contributed by atoms with van der Waals surface area (Å²) >= 11 is 0. The molecular weight excluding hydrogens is 429 g/mol. The number of nitrogen functional groups attached to an aromatic ring is 1. The van der Waals surface area contributed by atoms with Crippen molar-refractivity contribution in [1.82, 2.24) is 9.97 Å². The highest BCUT2D eigenvalue weighted by Gasteiger charge is 2.26. The molecule has 0 saturated heterocycles. The maximum absolute atomic E-state index is 15.3. The summed E-state index contributed by atoms with van der Waals surface area (Å²) in [5.74, 6) is 0.171. The lowest BCUT2D eigenvalue weighted by Crippen LogP contribution is -2.21. The Labute approximate surface area is 189 Å². The number of halogens is 1. The Bertz CT molecular complexity index is 1250. The van der Waals surface area contributed by atoms with Crippen LogP contribution >= 0.6 is 0 Å². The molecule has 3 aromatic rings. The van der Waals surface area contributed by atoms with Gasteiger partial charge >= 0.3 is 6.09 Å². The molecule has 1 aromatic carbocycles. The number of hydrogen-bond acceptors (Lipinski definition) is 8. The average Bonchev–Trinajstić information content (AvgIpc) is 3.21. The van der Waals surface area contributed by atoms with Crippen LogP contribution in [-0.2, 0) is 4.74 Å². The number of carbonyl (C=O) groups is 1. The van der Waals surface area contributed by atoms with Gasteiger partial charge in [0, 0.05) is 41.9 Å². The molecule has 0 radical (unpaired) electrons. The average molecular weight is 453 g/mol. The molecule has 33 heavy (non-hydrogen) atoms. The van der Waals surface area contributed by atoms with Crippen LogP contribution in [0.15, 0.2) is 24.5 Å². The highest BCUT2D eigenvalue weighted by molar-refractivity contribution is 5.99. The van der Waals surface area contributed by atoms with Gasteiger partial charge in [0.1, 0.15) is 24.2 Å². The predicted octanol–water partition coefficient (Wildman–Crippen LogP) is 3.59. The minimum Gasteiger partial charge on any atom is -0.474 e. The van der Waals surface area contributed by atoms with Crippen LogP contribution in [0, 0.1) is 12.7 Å². The maximum atomic E-state index is 15.3. The van der Waals surface area contributed by atoms with Crippen molar-refractivity contribution in [2.24, 2.45) is 0 Å². The lowest BCUT2D eigenvalue weighted by molar-refractivity contribution is 0.0999. The van der Waals surface area contributed by atoms with Crippen molar-refractivity contribution in [1.29, 1.82) is 0 Å². The first kappa shape index (κ1) is 21.2. The Morgan fingerprint density at radius 3 is 2.94 bits per heavy atom. The zero-order valence-corrected chi connectivity index (χ0v) is 18.0. The van der Waals surface area contributed by atoms with Gasteiger partial charge in [-0.2, -0.15) is 0 Å². The quantitative estimate of drug-likeness (QED) is 0.443. The SMILES string of the molecule is Cc1c(-c2cc3cc(NC(=O)O[C@@H]4CC[C@H](O)C4)ncc3c(N)c2F)cnc2c1NCCO2. The van der Waals surface area contributed by atoms with Crippen molar-refractivity contribution in [2.45, 2.75) is 38.4 Å². The van der Waals surface area contributed by atoms with Crippen LogP contribution in [0.2, 0.25) is 0 Å². The summed E-state index contributed by atoms with van der Waals surface area (Å²) in [4.78, 5) is 20.7. The molecule has 1 aliphatic heterocycles. The van der Waals surface area contributed by atoms with E-state index in [4.69, 9.17) is 15.2 Å². The van der Waals surface area contributed by atoms with Gasteiger partial charge in [-0.15, -0.1) is 0 Å². The van der Waals surface area contributed by atoms with Crippen LogP contribution in [-0.4, -0.2) is 46.5 Å². The van der Waals surface area contributed by atoms with Crippen molar-refractivity contribution >= 4 is 34.1 Å². The second-order valence-electron chi connectivity index (χ2n) is 8.31. The van der Waals surface area contributed by atoms with E-state index in [-0.39, 0.29) is 17.6 Å². The van der Waals surface area contributed by atoms with Gasteiger partial charge in [-0.05, 0) is 42.8 Å². The molecule has 1 aliphatic carbocycles. The third-order valence-electron chi connectivity index (χ3n) is 6.10. The van der Waals surface area contributed by atoms with E-state index in [1.54, 1.807) is 18.3 Å². The van der Waals surface area contributed by atoms with Crippen molar-refractivity contribution in [3.8, 4) is 17.0 Å². The number of nitrogens with zero attached hydrogens (tertiary/aromatic N) is 2. The fraction of sp³-hybridized carbons (Fsp3) is 0.348. The monoisotopic (exact) mass is 453 g/mol. The minimum atomic E-state index is -0.655. The number of benzene rings is 1.